The number of alkyl halides is 3. The van der Waals surface area contributed by atoms with Gasteiger partial charge in [0.15, 0.2) is 0 Å². The first kappa shape index (κ1) is 14.0. The van der Waals surface area contributed by atoms with Crippen LogP contribution in [0.5, 0.6) is 0 Å². The molecular weight excluding hydrogens is 252 g/mol. The second kappa shape index (κ2) is 5.54. The summed E-state index contributed by atoms with van der Waals surface area (Å²) < 4.78 is 54.2. The molecule has 0 aliphatic carbocycles. The fraction of sp³-hybridized carbons (Fsp3) is 0.250. The van der Waals surface area contributed by atoms with Gasteiger partial charge in [-0.1, -0.05) is 11.8 Å². The van der Waals surface area contributed by atoms with Crippen LogP contribution in [0, 0.1) is 17.7 Å². The third kappa shape index (κ3) is 3.77. The summed E-state index contributed by atoms with van der Waals surface area (Å²) >= 11 is 0. The minimum Gasteiger partial charge on any atom is -0.468 e. The molecule has 6 heteroatoms. The fourth-order valence-corrected chi connectivity index (χ4v) is 1.11. The van der Waals surface area contributed by atoms with E-state index in [4.69, 9.17) is 0 Å². The number of methoxy groups -OCH3 is 1. The van der Waals surface area contributed by atoms with E-state index in [9.17, 15) is 22.4 Å². The smallest absolute Gasteiger partial charge is 0.419 e. The Balaban J connectivity index is 2.89. The highest BCUT2D eigenvalue weighted by atomic mass is 19.4. The number of hydrogen-bond donors (Lipinski definition) is 0. The molecule has 0 aliphatic rings. The van der Waals surface area contributed by atoms with Crippen LogP contribution in [0.2, 0.25) is 0 Å². The zero-order valence-electron chi connectivity index (χ0n) is 9.27. The molecule has 0 saturated heterocycles. The van der Waals surface area contributed by atoms with Gasteiger partial charge in [-0.3, -0.25) is 4.79 Å². The lowest BCUT2D eigenvalue weighted by atomic mass is 10.1. The molecule has 1 aromatic carbocycles. The van der Waals surface area contributed by atoms with Crippen LogP contribution in [-0.2, 0) is 15.7 Å². The number of carbonyl (C=O) groups is 1. The lowest BCUT2D eigenvalue weighted by Crippen LogP contribution is -2.07. The zero-order chi connectivity index (χ0) is 13.8. The Kier molecular flexibility index (Phi) is 4.32. The number of benzene rings is 1. The third-order valence-electron chi connectivity index (χ3n) is 1.97. The predicted octanol–water partition coefficient (Wildman–Crippen LogP) is 2.76. The first-order chi connectivity index (χ1) is 8.34. The summed E-state index contributed by atoms with van der Waals surface area (Å²) in [6, 6.07) is 2.32. The van der Waals surface area contributed by atoms with Gasteiger partial charge in [0.2, 0.25) is 0 Å². The molecule has 0 N–H and O–H groups in total. The van der Waals surface area contributed by atoms with Gasteiger partial charge in [0, 0.05) is 5.56 Å². The van der Waals surface area contributed by atoms with Crippen molar-refractivity contribution >= 4 is 5.97 Å². The van der Waals surface area contributed by atoms with E-state index in [-0.39, 0.29) is 12.0 Å². The van der Waals surface area contributed by atoms with E-state index in [2.05, 4.69) is 16.6 Å². The molecule has 0 saturated carbocycles. The fourth-order valence-electron chi connectivity index (χ4n) is 1.11. The SMILES string of the molecule is COC(=O)CC#Cc1ccc(C(F)(F)F)c(F)c1. The summed E-state index contributed by atoms with van der Waals surface area (Å²) in [5.74, 6) is 2.77. The number of hydrogen-bond acceptors (Lipinski definition) is 2. The average Bonchev–Trinajstić information content (AvgIpc) is 2.27. The Morgan fingerprint density at radius 2 is 2.06 bits per heavy atom. The molecule has 1 rings (SSSR count). The van der Waals surface area contributed by atoms with E-state index >= 15 is 0 Å². The molecule has 18 heavy (non-hydrogen) atoms. The van der Waals surface area contributed by atoms with Crippen molar-refractivity contribution in [1.82, 2.24) is 0 Å². The van der Waals surface area contributed by atoms with Crippen molar-refractivity contribution in [2.45, 2.75) is 12.6 Å². The lowest BCUT2D eigenvalue weighted by molar-refractivity contribution is -0.140. The van der Waals surface area contributed by atoms with E-state index in [0.717, 1.165) is 6.07 Å². The average molecular weight is 260 g/mol. The molecule has 0 aliphatic heterocycles. The molecule has 1 aromatic rings. The van der Waals surface area contributed by atoms with Crippen molar-refractivity contribution in [3.05, 3.63) is 35.1 Å². The molecule has 0 heterocycles. The van der Waals surface area contributed by atoms with Crippen LogP contribution in [0.15, 0.2) is 18.2 Å². The van der Waals surface area contributed by atoms with E-state index in [0.29, 0.717) is 12.1 Å². The van der Waals surface area contributed by atoms with E-state index in [1.807, 2.05) is 0 Å². The van der Waals surface area contributed by atoms with Crippen molar-refractivity contribution in [2.24, 2.45) is 0 Å². The van der Waals surface area contributed by atoms with Crippen LogP contribution < -0.4 is 0 Å². The van der Waals surface area contributed by atoms with Crippen LogP contribution in [0.25, 0.3) is 0 Å². The molecule has 0 amide bonds. The van der Waals surface area contributed by atoms with Crippen LogP contribution in [0.4, 0.5) is 17.6 Å². The molecule has 0 aromatic heterocycles. The molecule has 0 fully saturated rings. The number of carbonyl (C=O) groups excluding carboxylic acids is 1. The second-order valence-corrected chi connectivity index (χ2v) is 3.25. The van der Waals surface area contributed by atoms with E-state index < -0.39 is 23.5 Å². The maximum atomic E-state index is 13.1. The molecule has 0 spiro atoms. The van der Waals surface area contributed by atoms with Crippen molar-refractivity contribution in [3.8, 4) is 11.8 Å². The standard InChI is InChI=1S/C12H8F4O2/c1-18-11(17)4-2-3-8-5-6-9(10(13)7-8)12(14,15)16/h5-7H,4H2,1H3. The quantitative estimate of drug-likeness (QED) is 0.441. The van der Waals surface area contributed by atoms with Crippen LogP contribution in [0.1, 0.15) is 17.5 Å². The maximum Gasteiger partial charge on any atom is 0.419 e. The minimum absolute atomic E-state index is 0.0596. The van der Waals surface area contributed by atoms with Gasteiger partial charge in [0.25, 0.3) is 0 Å². The normalized spacial score (nSPS) is 10.5. The molecule has 0 bridgehead atoms. The summed E-state index contributed by atoms with van der Waals surface area (Å²) in [6.45, 7) is 0. The molecule has 0 unspecified atom stereocenters. The summed E-state index contributed by atoms with van der Waals surface area (Å²) in [4.78, 5) is 10.7. The number of rotatable bonds is 1. The van der Waals surface area contributed by atoms with Gasteiger partial charge in [0.1, 0.15) is 12.2 Å². The summed E-state index contributed by atoms with van der Waals surface area (Å²) in [7, 11) is 1.18. The molecular formula is C12H8F4O2. The molecule has 96 valence electrons. The van der Waals surface area contributed by atoms with Crippen molar-refractivity contribution in [2.75, 3.05) is 7.11 Å². The number of halogens is 4. The monoisotopic (exact) mass is 260 g/mol. The first-order valence-corrected chi connectivity index (χ1v) is 4.77. The van der Waals surface area contributed by atoms with Gasteiger partial charge >= 0.3 is 12.1 Å². The van der Waals surface area contributed by atoms with Crippen molar-refractivity contribution < 1.29 is 27.1 Å². The maximum absolute atomic E-state index is 13.1. The van der Waals surface area contributed by atoms with Gasteiger partial charge < -0.3 is 4.74 Å². The van der Waals surface area contributed by atoms with Crippen LogP contribution in [0.3, 0.4) is 0 Å². The van der Waals surface area contributed by atoms with Gasteiger partial charge in [0.05, 0.1) is 12.7 Å². The van der Waals surface area contributed by atoms with Crippen molar-refractivity contribution in [1.29, 1.82) is 0 Å². The van der Waals surface area contributed by atoms with Gasteiger partial charge in [-0.15, -0.1) is 0 Å². The Morgan fingerprint density at radius 3 is 2.56 bits per heavy atom. The first-order valence-electron chi connectivity index (χ1n) is 4.77. The zero-order valence-corrected chi connectivity index (χ0v) is 9.27. The summed E-state index contributed by atoms with van der Waals surface area (Å²) in [5, 5.41) is 0. The Morgan fingerprint density at radius 1 is 1.39 bits per heavy atom. The predicted molar refractivity (Wildman–Crippen MR) is 54.9 cm³/mol. The van der Waals surface area contributed by atoms with Crippen LogP contribution >= 0.6 is 0 Å². The van der Waals surface area contributed by atoms with Gasteiger partial charge in [-0.2, -0.15) is 13.2 Å². The summed E-state index contributed by atoms with van der Waals surface area (Å²) in [6.07, 6.45) is -4.94. The number of ether oxygens (including phenoxy) is 1. The molecule has 0 atom stereocenters. The molecule has 0 radical (unpaired) electrons. The Bertz CT molecular complexity index is 509. The highest BCUT2D eigenvalue weighted by Gasteiger charge is 2.33. The Hall–Kier alpha value is -2.03. The topological polar surface area (TPSA) is 26.3 Å². The van der Waals surface area contributed by atoms with Gasteiger partial charge in [-0.25, -0.2) is 4.39 Å². The highest BCUT2D eigenvalue weighted by Crippen LogP contribution is 2.31. The summed E-state index contributed by atoms with van der Waals surface area (Å²) in [5.41, 5.74) is -1.29. The lowest BCUT2D eigenvalue weighted by Gasteiger charge is -2.07. The second-order valence-electron chi connectivity index (χ2n) is 3.25. The number of esters is 1. The van der Waals surface area contributed by atoms with E-state index in [1.165, 1.54) is 7.11 Å². The van der Waals surface area contributed by atoms with E-state index in [1.54, 1.807) is 0 Å². The van der Waals surface area contributed by atoms with Crippen LogP contribution in [-0.4, -0.2) is 13.1 Å². The van der Waals surface area contributed by atoms with Gasteiger partial charge in [-0.05, 0) is 18.2 Å². The largest absolute Gasteiger partial charge is 0.468 e. The molecule has 2 nitrogen and oxygen atoms in total. The minimum atomic E-state index is -4.73. The highest BCUT2D eigenvalue weighted by molar-refractivity contribution is 5.72. The Labute approximate surface area is 101 Å². The third-order valence-corrected chi connectivity index (χ3v) is 1.97. The van der Waals surface area contributed by atoms with Crippen molar-refractivity contribution in [3.63, 3.8) is 0 Å².